The molecule has 1 atom stereocenters. The number of ether oxygens (including phenoxy) is 1. The highest BCUT2D eigenvalue weighted by Crippen LogP contribution is 2.28. The summed E-state index contributed by atoms with van der Waals surface area (Å²) >= 11 is 0. The molecule has 2 N–H and O–H groups in total. The van der Waals surface area contributed by atoms with E-state index in [1.807, 2.05) is 6.07 Å². The first-order valence-electron chi connectivity index (χ1n) is 7.97. The number of benzene rings is 1. The van der Waals surface area contributed by atoms with Crippen LogP contribution < -0.4 is 5.32 Å². The van der Waals surface area contributed by atoms with Crippen molar-refractivity contribution < 1.29 is 14.6 Å². The van der Waals surface area contributed by atoms with E-state index < -0.39 is 11.4 Å². The van der Waals surface area contributed by atoms with Gasteiger partial charge in [0.05, 0.1) is 12.1 Å². The zero-order chi connectivity index (χ0) is 16.3. The molecule has 0 radical (unpaired) electrons. The first-order chi connectivity index (χ1) is 11.1. The predicted octanol–water partition coefficient (Wildman–Crippen LogP) is 2.51. The van der Waals surface area contributed by atoms with Crippen LogP contribution in [0.25, 0.3) is 10.9 Å². The number of aryl methyl sites for hydroxylation is 1. The summed E-state index contributed by atoms with van der Waals surface area (Å²) in [5.74, 6) is -0.781. The molecule has 1 aliphatic heterocycles. The monoisotopic (exact) mass is 314 g/mol. The third-order valence-electron chi connectivity index (χ3n) is 4.63. The first kappa shape index (κ1) is 15.9. The van der Waals surface area contributed by atoms with E-state index in [4.69, 9.17) is 4.74 Å². The van der Waals surface area contributed by atoms with Crippen LogP contribution in [0, 0.1) is 12.3 Å². The van der Waals surface area contributed by atoms with Gasteiger partial charge >= 0.3 is 5.97 Å². The number of hydrogen-bond donors (Lipinski definition) is 2. The Labute approximate surface area is 135 Å². The second-order valence-electron chi connectivity index (χ2n) is 6.29. The van der Waals surface area contributed by atoms with Crippen LogP contribution in [0.4, 0.5) is 0 Å². The molecule has 1 aromatic heterocycles. The largest absolute Gasteiger partial charge is 0.481 e. The Hall–Kier alpha value is -1.98. The zero-order valence-electron chi connectivity index (χ0n) is 13.3. The van der Waals surface area contributed by atoms with Crippen LogP contribution >= 0.6 is 0 Å². The first-order valence-corrected chi connectivity index (χ1v) is 7.97. The van der Waals surface area contributed by atoms with Crippen LogP contribution in [0.5, 0.6) is 0 Å². The normalized spacial score (nSPS) is 21.4. The number of hydrogen-bond acceptors (Lipinski definition) is 4. The third-order valence-corrected chi connectivity index (χ3v) is 4.63. The van der Waals surface area contributed by atoms with Crippen molar-refractivity contribution in [3.8, 4) is 0 Å². The summed E-state index contributed by atoms with van der Waals surface area (Å²) in [7, 11) is 0. The van der Waals surface area contributed by atoms with Crippen LogP contribution in [0.1, 0.15) is 24.0 Å². The van der Waals surface area contributed by atoms with Crippen molar-refractivity contribution >= 4 is 16.9 Å². The SMILES string of the molecule is Cc1ccc(CNCC2(C(=O)O)CCCOC2)c2ncccc12. The Bertz CT molecular complexity index is 708. The van der Waals surface area contributed by atoms with Crippen molar-refractivity contribution in [2.45, 2.75) is 26.3 Å². The minimum atomic E-state index is -0.813. The van der Waals surface area contributed by atoms with Gasteiger partial charge in [-0.15, -0.1) is 0 Å². The second-order valence-corrected chi connectivity index (χ2v) is 6.29. The number of carboxylic acids is 1. The lowest BCUT2D eigenvalue weighted by molar-refractivity contribution is -0.156. The van der Waals surface area contributed by atoms with E-state index in [0.717, 1.165) is 22.9 Å². The molecule has 1 saturated heterocycles. The molecule has 1 aliphatic rings. The molecular weight excluding hydrogens is 292 g/mol. The van der Waals surface area contributed by atoms with Crippen LogP contribution in [-0.4, -0.2) is 35.8 Å². The van der Waals surface area contributed by atoms with E-state index >= 15 is 0 Å². The van der Waals surface area contributed by atoms with E-state index in [2.05, 4.69) is 35.4 Å². The van der Waals surface area contributed by atoms with Gasteiger partial charge in [0.2, 0.25) is 0 Å². The summed E-state index contributed by atoms with van der Waals surface area (Å²) in [5.41, 5.74) is 2.44. The number of aromatic nitrogens is 1. The van der Waals surface area contributed by atoms with E-state index in [9.17, 15) is 9.90 Å². The smallest absolute Gasteiger partial charge is 0.313 e. The van der Waals surface area contributed by atoms with Gasteiger partial charge in [0.25, 0.3) is 0 Å². The van der Waals surface area contributed by atoms with Gasteiger partial charge in [-0.3, -0.25) is 9.78 Å². The molecule has 23 heavy (non-hydrogen) atoms. The maximum absolute atomic E-state index is 11.6. The molecule has 2 aromatic rings. The molecule has 2 heterocycles. The van der Waals surface area contributed by atoms with E-state index in [1.165, 1.54) is 5.56 Å². The lowest BCUT2D eigenvalue weighted by Crippen LogP contribution is -2.46. The average Bonchev–Trinajstić information content (AvgIpc) is 2.58. The molecule has 122 valence electrons. The molecule has 0 spiro atoms. The molecule has 0 amide bonds. The van der Waals surface area contributed by atoms with Crippen molar-refractivity contribution in [1.82, 2.24) is 10.3 Å². The molecule has 1 aromatic carbocycles. The van der Waals surface area contributed by atoms with Gasteiger partial charge in [0, 0.05) is 31.3 Å². The number of nitrogens with zero attached hydrogens (tertiary/aromatic N) is 1. The maximum atomic E-state index is 11.6. The molecule has 1 fully saturated rings. The average molecular weight is 314 g/mol. The molecular formula is C18H22N2O3. The highest BCUT2D eigenvalue weighted by Gasteiger charge is 2.40. The van der Waals surface area contributed by atoms with Gasteiger partial charge < -0.3 is 15.2 Å². The zero-order valence-corrected chi connectivity index (χ0v) is 13.3. The summed E-state index contributed by atoms with van der Waals surface area (Å²) in [6, 6.07) is 8.14. The Morgan fingerprint density at radius 1 is 1.43 bits per heavy atom. The number of fused-ring (bicyclic) bond motifs is 1. The lowest BCUT2D eigenvalue weighted by atomic mass is 9.82. The minimum Gasteiger partial charge on any atom is -0.481 e. The fraction of sp³-hybridized carbons (Fsp3) is 0.444. The lowest BCUT2D eigenvalue weighted by Gasteiger charge is -2.33. The van der Waals surface area contributed by atoms with Gasteiger partial charge in [-0.2, -0.15) is 0 Å². The van der Waals surface area contributed by atoms with E-state index in [0.29, 0.717) is 26.1 Å². The van der Waals surface area contributed by atoms with Gasteiger partial charge in [0.15, 0.2) is 0 Å². The number of aliphatic carboxylic acids is 1. The van der Waals surface area contributed by atoms with E-state index in [-0.39, 0.29) is 6.61 Å². The molecule has 5 nitrogen and oxygen atoms in total. The van der Waals surface area contributed by atoms with Crippen molar-refractivity contribution in [3.05, 3.63) is 41.6 Å². The maximum Gasteiger partial charge on any atom is 0.313 e. The van der Waals surface area contributed by atoms with Crippen molar-refractivity contribution in [2.24, 2.45) is 5.41 Å². The number of carboxylic acid groups (broad SMARTS) is 1. The molecule has 0 saturated carbocycles. The summed E-state index contributed by atoms with van der Waals surface area (Å²) in [6.45, 7) is 4.01. The Morgan fingerprint density at radius 3 is 3.04 bits per heavy atom. The fourth-order valence-electron chi connectivity index (χ4n) is 3.19. The molecule has 1 unspecified atom stereocenters. The molecule has 0 bridgehead atoms. The predicted molar refractivity (Wildman–Crippen MR) is 88.3 cm³/mol. The van der Waals surface area contributed by atoms with Gasteiger partial charge in [-0.1, -0.05) is 18.2 Å². The summed E-state index contributed by atoms with van der Waals surface area (Å²) in [5, 5.41) is 14.0. The van der Waals surface area contributed by atoms with Crippen molar-refractivity contribution in [1.29, 1.82) is 0 Å². The number of carbonyl (C=O) groups is 1. The van der Waals surface area contributed by atoms with Gasteiger partial charge in [-0.05, 0) is 37.0 Å². The van der Waals surface area contributed by atoms with Crippen LogP contribution in [-0.2, 0) is 16.1 Å². The van der Waals surface area contributed by atoms with Crippen molar-refractivity contribution in [2.75, 3.05) is 19.8 Å². The summed E-state index contributed by atoms with van der Waals surface area (Å²) < 4.78 is 5.40. The fourth-order valence-corrected chi connectivity index (χ4v) is 3.19. The quantitative estimate of drug-likeness (QED) is 0.887. The number of pyridine rings is 1. The second kappa shape index (κ2) is 6.64. The van der Waals surface area contributed by atoms with E-state index in [1.54, 1.807) is 6.20 Å². The highest BCUT2D eigenvalue weighted by molar-refractivity contribution is 5.84. The Morgan fingerprint density at radius 2 is 2.30 bits per heavy atom. The highest BCUT2D eigenvalue weighted by atomic mass is 16.5. The Balaban J connectivity index is 1.73. The molecule has 3 rings (SSSR count). The van der Waals surface area contributed by atoms with Gasteiger partial charge in [0.1, 0.15) is 5.41 Å². The Kier molecular flexibility index (Phi) is 4.59. The topological polar surface area (TPSA) is 71.5 Å². The molecule has 5 heteroatoms. The molecule has 0 aliphatic carbocycles. The third kappa shape index (κ3) is 3.21. The summed E-state index contributed by atoms with van der Waals surface area (Å²) in [4.78, 5) is 16.1. The van der Waals surface area contributed by atoms with Crippen LogP contribution in [0.2, 0.25) is 0 Å². The number of nitrogens with one attached hydrogen (secondary N) is 1. The standard InChI is InChI=1S/C18H22N2O3/c1-13-5-6-14(16-15(13)4-2-8-20-16)10-19-11-18(17(21)22)7-3-9-23-12-18/h2,4-6,8,19H,3,7,9-12H2,1H3,(H,21,22). The van der Waals surface area contributed by atoms with Crippen LogP contribution in [0.3, 0.4) is 0 Å². The summed E-state index contributed by atoms with van der Waals surface area (Å²) in [6.07, 6.45) is 3.24. The van der Waals surface area contributed by atoms with Crippen LogP contribution in [0.15, 0.2) is 30.5 Å². The van der Waals surface area contributed by atoms with Crippen molar-refractivity contribution in [3.63, 3.8) is 0 Å². The van der Waals surface area contributed by atoms with Gasteiger partial charge in [-0.25, -0.2) is 0 Å². The minimum absolute atomic E-state index is 0.280. The number of rotatable bonds is 5.